The van der Waals surface area contributed by atoms with Crippen molar-refractivity contribution in [2.24, 2.45) is 0 Å². The molecule has 1 aliphatic heterocycles. The third kappa shape index (κ3) is 2.57. The second-order valence-electron chi connectivity index (χ2n) is 12.9. The molecule has 11 aromatic rings. The first kappa shape index (κ1) is 23.3. The molecule has 0 aliphatic carbocycles. The fourth-order valence-corrected chi connectivity index (χ4v) is 9.05. The fraction of sp³-hybridized carbons (Fsp3) is 0.0233. The minimum atomic E-state index is 0.895. The van der Waals surface area contributed by atoms with E-state index in [1.165, 1.54) is 104 Å². The van der Waals surface area contributed by atoms with Crippen LogP contribution in [0, 0.1) is 0 Å². The molecule has 0 amide bonds. The number of aromatic nitrogens is 3. The molecule has 12 rings (SSSR count). The SMILES string of the molecule is c1ccc(-n2c3c4c(ccc3c3ccc5c(c6cccc7c8ccccc8n5c76)c32)-n2c3ccccc3c3cccc(c32)C4)cc1. The van der Waals surface area contributed by atoms with Crippen LogP contribution in [0.25, 0.3) is 93.1 Å². The van der Waals surface area contributed by atoms with Crippen LogP contribution in [-0.2, 0) is 6.42 Å². The predicted molar refractivity (Wildman–Crippen MR) is 193 cm³/mol. The predicted octanol–water partition coefficient (Wildman–Crippen LogP) is 10.9. The van der Waals surface area contributed by atoms with Crippen molar-refractivity contribution in [3.63, 3.8) is 0 Å². The second kappa shape index (κ2) is 7.96. The Morgan fingerprint density at radius 1 is 0.370 bits per heavy atom. The van der Waals surface area contributed by atoms with Crippen molar-refractivity contribution in [3.05, 3.63) is 151 Å². The van der Waals surface area contributed by atoms with Crippen molar-refractivity contribution in [2.75, 3.05) is 0 Å². The summed E-state index contributed by atoms with van der Waals surface area (Å²) in [4.78, 5) is 0. The van der Waals surface area contributed by atoms with Gasteiger partial charge >= 0.3 is 0 Å². The van der Waals surface area contributed by atoms with Gasteiger partial charge in [-0.2, -0.15) is 0 Å². The first-order valence-electron chi connectivity index (χ1n) is 16.1. The van der Waals surface area contributed by atoms with Crippen LogP contribution in [0.4, 0.5) is 0 Å². The average Bonchev–Trinajstić information content (AvgIpc) is 3.84. The monoisotopic (exact) mass is 583 g/mol. The van der Waals surface area contributed by atoms with Crippen molar-refractivity contribution < 1.29 is 0 Å². The Morgan fingerprint density at radius 2 is 1.00 bits per heavy atom. The van der Waals surface area contributed by atoms with Gasteiger partial charge in [-0.15, -0.1) is 0 Å². The zero-order valence-corrected chi connectivity index (χ0v) is 24.8. The van der Waals surface area contributed by atoms with Crippen LogP contribution < -0.4 is 0 Å². The number of hydrogen-bond donors (Lipinski definition) is 0. The minimum Gasteiger partial charge on any atom is -0.309 e. The molecular weight excluding hydrogens is 558 g/mol. The second-order valence-corrected chi connectivity index (χ2v) is 12.9. The Kier molecular flexibility index (Phi) is 4.04. The largest absolute Gasteiger partial charge is 0.309 e. The number of fused-ring (bicyclic) bond motifs is 16. The summed E-state index contributed by atoms with van der Waals surface area (Å²) in [6, 6.07) is 51.9. The van der Waals surface area contributed by atoms with Crippen LogP contribution in [0.15, 0.2) is 140 Å². The van der Waals surface area contributed by atoms with E-state index in [-0.39, 0.29) is 0 Å². The number of benzene rings is 7. The summed E-state index contributed by atoms with van der Waals surface area (Å²) in [7, 11) is 0. The van der Waals surface area contributed by atoms with Crippen LogP contribution in [0.5, 0.6) is 0 Å². The summed E-state index contributed by atoms with van der Waals surface area (Å²) in [6.45, 7) is 0. The average molecular weight is 584 g/mol. The van der Waals surface area contributed by atoms with E-state index in [9.17, 15) is 0 Å². The van der Waals surface area contributed by atoms with Gasteiger partial charge in [0, 0.05) is 60.8 Å². The van der Waals surface area contributed by atoms with E-state index in [0.29, 0.717) is 0 Å². The molecule has 3 nitrogen and oxygen atoms in total. The van der Waals surface area contributed by atoms with Crippen molar-refractivity contribution in [2.45, 2.75) is 6.42 Å². The smallest absolute Gasteiger partial charge is 0.0641 e. The van der Waals surface area contributed by atoms with E-state index >= 15 is 0 Å². The topological polar surface area (TPSA) is 14.3 Å². The first-order chi connectivity index (χ1) is 22.9. The lowest BCUT2D eigenvalue weighted by molar-refractivity contribution is 1.04. The molecule has 212 valence electrons. The number of rotatable bonds is 1. The van der Waals surface area contributed by atoms with Crippen LogP contribution in [0.1, 0.15) is 11.1 Å². The van der Waals surface area contributed by atoms with E-state index in [0.717, 1.165) is 6.42 Å². The molecule has 4 aromatic heterocycles. The van der Waals surface area contributed by atoms with Gasteiger partial charge in [0.05, 0.1) is 44.3 Å². The number of para-hydroxylation sites is 5. The standard InChI is InChI=1S/C43H25N3/c1-2-11-26(12-3-1)44-42-31(20-22-37-34(42)24-25-10-8-15-29-27-13-4-6-18-35(27)45(37)40(25)29)32-21-23-38-39(43(32)44)33-17-9-16-30-28-14-5-7-19-36(28)46(38)41(30)33/h1-23H,24H2. The van der Waals surface area contributed by atoms with Gasteiger partial charge in [0.2, 0.25) is 0 Å². The lowest BCUT2D eigenvalue weighted by atomic mass is 9.95. The van der Waals surface area contributed by atoms with Crippen molar-refractivity contribution in [1.82, 2.24) is 13.5 Å². The molecule has 1 aliphatic rings. The van der Waals surface area contributed by atoms with Gasteiger partial charge in [0.25, 0.3) is 0 Å². The summed E-state index contributed by atoms with van der Waals surface area (Å²) >= 11 is 0. The molecule has 0 radical (unpaired) electrons. The molecule has 0 fully saturated rings. The summed E-state index contributed by atoms with van der Waals surface area (Å²) in [6.07, 6.45) is 0.895. The van der Waals surface area contributed by atoms with Gasteiger partial charge in [-0.25, -0.2) is 0 Å². The van der Waals surface area contributed by atoms with Gasteiger partial charge < -0.3 is 13.5 Å². The number of hydrogen-bond acceptors (Lipinski definition) is 0. The van der Waals surface area contributed by atoms with Crippen molar-refractivity contribution in [3.8, 4) is 11.4 Å². The lowest BCUT2D eigenvalue weighted by Gasteiger charge is -2.23. The Bertz CT molecular complexity index is 3100. The lowest BCUT2D eigenvalue weighted by Crippen LogP contribution is -2.10. The van der Waals surface area contributed by atoms with Crippen LogP contribution >= 0.6 is 0 Å². The van der Waals surface area contributed by atoms with Gasteiger partial charge in [0.15, 0.2) is 0 Å². The molecule has 0 bridgehead atoms. The zero-order valence-electron chi connectivity index (χ0n) is 24.8. The maximum atomic E-state index is 2.58. The molecule has 0 atom stereocenters. The molecule has 7 aromatic carbocycles. The van der Waals surface area contributed by atoms with Crippen LogP contribution in [0.3, 0.4) is 0 Å². The highest BCUT2D eigenvalue weighted by Gasteiger charge is 2.28. The summed E-state index contributed by atoms with van der Waals surface area (Å²) in [5.41, 5.74) is 14.3. The quantitative estimate of drug-likeness (QED) is 0.183. The highest BCUT2D eigenvalue weighted by atomic mass is 15.0. The Balaban J connectivity index is 1.33. The van der Waals surface area contributed by atoms with Crippen LogP contribution in [0.2, 0.25) is 0 Å². The molecule has 0 unspecified atom stereocenters. The van der Waals surface area contributed by atoms with Crippen molar-refractivity contribution >= 4 is 81.7 Å². The molecule has 0 saturated carbocycles. The highest BCUT2D eigenvalue weighted by Crippen LogP contribution is 2.48. The maximum absolute atomic E-state index is 2.58. The highest BCUT2D eigenvalue weighted by molar-refractivity contribution is 6.31. The minimum absolute atomic E-state index is 0.895. The normalized spacial score (nSPS) is 13.1. The molecule has 3 heteroatoms. The third-order valence-corrected chi connectivity index (χ3v) is 10.8. The zero-order chi connectivity index (χ0) is 29.7. The Labute approximate surface area is 263 Å². The van der Waals surface area contributed by atoms with E-state index < -0.39 is 0 Å². The summed E-state index contributed by atoms with van der Waals surface area (Å²) < 4.78 is 7.59. The number of nitrogens with zero attached hydrogens (tertiary/aromatic N) is 3. The summed E-state index contributed by atoms with van der Waals surface area (Å²) in [5.74, 6) is 0. The van der Waals surface area contributed by atoms with Gasteiger partial charge in [-0.05, 0) is 42.0 Å². The molecule has 0 N–H and O–H groups in total. The van der Waals surface area contributed by atoms with E-state index in [1.54, 1.807) is 0 Å². The Morgan fingerprint density at radius 3 is 1.87 bits per heavy atom. The molecule has 5 heterocycles. The van der Waals surface area contributed by atoms with E-state index in [2.05, 4.69) is 153 Å². The summed E-state index contributed by atoms with van der Waals surface area (Å²) in [5, 5.41) is 10.5. The molecule has 0 spiro atoms. The van der Waals surface area contributed by atoms with Gasteiger partial charge in [-0.1, -0.05) is 103 Å². The maximum Gasteiger partial charge on any atom is 0.0641 e. The molecule has 0 saturated heterocycles. The van der Waals surface area contributed by atoms with Crippen molar-refractivity contribution in [1.29, 1.82) is 0 Å². The first-order valence-corrected chi connectivity index (χ1v) is 16.1. The molecular formula is C43H25N3. The van der Waals surface area contributed by atoms with E-state index in [1.807, 2.05) is 0 Å². The molecule has 46 heavy (non-hydrogen) atoms. The third-order valence-electron chi connectivity index (χ3n) is 10.8. The van der Waals surface area contributed by atoms with Gasteiger partial charge in [0.1, 0.15) is 0 Å². The van der Waals surface area contributed by atoms with Gasteiger partial charge in [-0.3, -0.25) is 0 Å². The Hall–Kier alpha value is -6.06. The van der Waals surface area contributed by atoms with Crippen LogP contribution in [-0.4, -0.2) is 13.5 Å². The van der Waals surface area contributed by atoms with E-state index in [4.69, 9.17) is 0 Å². The fourth-order valence-electron chi connectivity index (χ4n) is 9.05.